The number of thioether (sulfide) groups is 1. The molecule has 2 aliphatic rings. The van der Waals surface area contributed by atoms with Crippen LogP contribution in [0.15, 0.2) is 121 Å². The van der Waals surface area contributed by atoms with Crippen molar-refractivity contribution in [3.8, 4) is 28.7 Å². The number of rotatable bonds is 54. The molecule has 13 amide bonds. The molecule has 2 saturated heterocycles. The monoisotopic (exact) mass is 1670 g/mol. The van der Waals surface area contributed by atoms with Gasteiger partial charge in [0, 0.05) is 103 Å². The highest BCUT2D eigenvalue weighted by atomic mass is 32.2. The minimum absolute atomic E-state index is 0.0299. The van der Waals surface area contributed by atoms with E-state index in [0.29, 0.717) is 72.6 Å². The fraction of sp³-hybridized carbons (Fsp3) is 0.506. The Balaban J connectivity index is 1.09. The second-order valence-corrected chi connectivity index (χ2v) is 30.5. The summed E-state index contributed by atoms with van der Waals surface area (Å²) in [6.45, 7) is -3.48. The Labute approximate surface area is 701 Å². The van der Waals surface area contributed by atoms with Crippen molar-refractivity contribution in [1.29, 1.82) is 0 Å². The Morgan fingerprint density at radius 1 is 0.412 bits per heavy atom. The smallest absolute Gasteiger partial charge is 0.315 e. The topological polar surface area (TPSA) is 429 Å². The van der Waals surface area contributed by atoms with Crippen LogP contribution in [0.4, 0.5) is 4.79 Å². The largest absolute Gasteiger partial charge is 0.497 e. The Hall–Kier alpha value is -11.2. The average Bonchev–Trinajstić information content (AvgIpc) is 1.67. The van der Waals surface area contributed by atoms with Gasteiger partial charge < -0.3 is 107 Å². The van der Waals surface area contributed by atoms with Gasteiger partial charge in [0.25, 0.3) is 0 Å². The van der Waals surface area contributed by atoms with E-state index in [1.165, 1.54) is 74.6 Å². The van der Waals surface area contributed by atoms with E-state index < -0.39 is 111 Å². The predicted octanol–water partition coefficient (Wildman–Crippen LogP) is 1.75. The van der Waals surface area contributed by atoms with Crippen LogP contribution in [0.3, 0.4) is 0 Å². The van der Waals surface area contributed by atoms with Crippen molar-refractivity contribution in [3.63, 3.8) is 0 Å². The number of fused-ring (bicyclic) bond motifs is 1. The number of hydrogen-bond donors (Lipinski definition) is 8. The van der Waals surface area contributed by atoms with Gasteiger partial charge in [0.2, 0.25) is 65.0 Å². The van der Waals surface area contributed by atoms with Gasteiger partial charge in [-0.25, -0.2) is 4.79 Å². The van der Waals surface area contributed by atoms with E-state index in [2.05, 4.69) is 21.3 Å². The first kappa shape index (κ1) is 94.9. The van der Waals surface area contributed by atoms with Gasteiger partial charge in [-0.1, -0.05) is 67.1 Å². The molecule has 7 rings (SSSR count). The summed E-state index contributed by atoms with van der Waals surface area (Å²) >= 11 is 1.82. The minimum Gasteiger partial charge on any atom is -0.497 e. The van der Waals surface area contributed by atoms with Gasteiger partial charge in [-0.2, -0.15) is 11.8 Å². The van der Waals surface area contributed by atoms with E-state index in [1.54, 1.807) is 92.0 Å². The van der Waals surface area contributed by atoms with Gasteiger partial charge in [0.05, 0.1) is 100.0 Å². The first-order valence-corrected chi connectivity index (χ1v) is 41.4. The van der Waals surface area contributed by atoms with Gasteiger partial charge in [-0.15, -0.1) is 0 Å². The first-order valence-electron chi connectivity index (χ1n) is 40.4. The zero-order valence-corrected chi connectivity index (χ0v) is 70.2. The maximum atomic E-state index is 15.2. The predicted molar refractivity (Wildman–Crippen MR) is 451 cm³/mol. The molecule has 0 aromatic heterocycles. The molecule has 119 heavy (non-hydrogen) atoms. The molecule has 5 aromatic carbocycles. The van der Waals surface area contributed by atoms with Crippen LogP contribution in [0.1, 0.15) is 79.7 Å². The van der Waals surface area contributed by atoms with Gasteiger partial charge >= 0.3 is 6.03 Å². The van der Waals surface area contributed by atoms with Crippen molar-refractivity contribution in [3.05, 3.63) is 149 Å². The Kier molecular flexibility index (Phi) is 40.3. The number of ether oxygens (including phenoxy) is 5. The van der Waals surface area contributed by atoms with Crippen LogP contribution in [0.2, 0.25) is 0 Å². The molecular formula is C85H120N16O17S. The van der Waals surface area contributed by atoms with Crippen molar-refractivity contribution in [2.24, 2.45) is 22.9 Å². The first-order chi connectivity index (χ1) is 57.4. The van der Waals surface area contributed by atoms with Crippen molar-refractivity contribution in [1.82, 2.24) is 60.5 Å². The number of hydrogen-bond acceptors (Lipinski definition) is 21. The lowest BCUT2D eigenvalue weighted by Crippen LogP contribution is -2.54. The summed E-state index contributed by atoms with van der Waals surface area (Å²) in [5, 5.41) is 11.9. The normalized spacial score (nSPS) is 14.0. The Morgan fingerprint density at radius 2 is 0.723 bits per heavy atom. The minimum atomic E-state index is -1.14. The van der Waals surface area contributed by atoms with Crippen LogP contribution >= 0.6 is 11.8 Å². The van der Waals surface area contributed by atoms with E-state index in [-0.39, 0.29) is 135 Å². The molecule has 0 aliphatic carbocycles. The molecule has 33 nitrogen and oxygen atoms in total. The van der Waals surface area contributed by atoms with Crippen LogP contribution in [-0.4, -0.2) is 306 Å². The van der Waals surface area contributed by atoms with E-state index in [9.17, 15) is 38.4 Å². The molecular weight excluding hydrogens is 1550 g/mol. The van der Waals surface area contributed by atoms with E-state index >= 15 is 19.2 Å². The summed E-state index contributed by atoms with van der Waals surface area (Å²) in [6, 6.07) is 34.6. The highest BCUT2D eigenvalue weighted by Crippen LogP contribution is 2.33. The summed E-state index contributed by atoms with van der Waals surface area (Å²) in [5.74, 6) is -2.83. The molecule has 648 valence electrons. The van der Waals surface area contributed by atoms with Crippen molar-refractivity contribution >= 4 is 82.8 Å². The summed E-state index contributed by atoms with van der Waals surface area (Å²) in [6.07, 6.45) is 4.94. The Morgan fingerprint density at radius 3 is 1.03 bits per heavy atom. The number of nitrogens with one attached hydrogen (secondary N) is 4. The number of nitrogens with zero attached hydrogens (tertiary/aromatic N) is 8. The van der Waals surface area contributed by atoms with Crippen molar-refractivity contribution in [2.45, 2.75) is 107 Å². The van der Waals surface area contributed by atoms with Crippen molar-refractivity contribution in [2.75, 3.05) is 172 Å². The number of urea groups is 1. The van der Waals surface area contributed by atoms with Crippen molar-refractivity contribution < 1.29 is 81.2 Å². The summed E-state index contributed by atoms with van der Waals surface area (Å²) in [7, 11) is 7.65. The molecule has 4 atom stereocenters. The zero-order valence-electron chi connectivity index (χ0n) is 69.4. The number of methoxy groups -OCH3 is 5. The molecule has 0 saturated carbocycles. The lowest BCUT2D eigenvalue weighted by molar-refractivity contribution is -0.148. The Bertz CT molecular complexity index is 4090. The number of nitrogens with two attached hydrogens (primary N) is 4. The number of amides is 13. The fourth-order valence-electron chi connectivity index (χ4n) is 13.7. The highest BCUT2D eigenvalue weighted by Gasteiger charge is 2.43. The van der Waals surface area contributed by atoms with Crippen LogP contribution in [-0.2, 0) is 84.8 Å². The molecule has 0 bridgehead atoms. The zero-order chi connectivity index (χ0) is 86.2. The van der Waals surface area contributed by atoms with E-state index in [4.69, 9.17) is 46.6 Å². The third-order valence-corrected chi connectivity index (χ3v) is 22.4. The molecule has 34 heteroatoms. The second kappa shape index (κ2) is 50.5. The van der Waals surface area contributed by atoms with Crippen LogP contribution in [0.5, 0.6) is 28.7 Å². The molecule has 12 N–H and O–H groups in total. The van der Waals surface area contributed by atoms with Crippen LogP contribution in [0, 0.1) is 0 Å². The average molecular weight is 1670 g/mol. The highest BCUT2D eigenvalue weighted by molar-refractivity contribution is 8.00. The number of primary amides is 1. The molecule has 0 spiro atoms. The quantitative estimate of drug-likeness (QED) is 0.0203. The molecule has 0 radical (unpaired) electrons. The van der Waals surface area contributed by atoms with Crippen LogP contribution in [0.25, 0.3) is 0 Å². The lowest BCUT2D eigenvalue weighted by Gasteiger charge is -2.32. The number of benzene rings is 5. The fourth-order valence-corrected chi connectivity index (χ4v) is 15.3. The second-order valence-electron chi connectivity index (χ2n) is 29.2. The number of carbonyl (C=O) groups excluding carboxylic acids is 12. The third kappa shape index (κ3) is 32.2. The van der Waals surface area contributed by atoms with Gasteiger partial charge in [-0.3, -0.25) is 52.7 Å². The maximum Gasteiger partial charge on any atom is 0.315 e. The number of unbranched alkanes of at least 4 members (excludes halogenated alkanes) is 2. The molecule has 2 aliphatic heterocycles. The molecule has 5 aromatic rings. The molecule has 2 heterocycles. The molecule has 2 fully saturated rings. The SMILES string of the molecule is COc1ccc(CCN(CC(=O)N[C@@H](CCCCNC(=O)CCCCC2SC[C@@H]3NC(=O)N[C@H]23)C(N)=O)C(=O)CN(CCc2ccc(OC)cc2)C(=O)CN(CCN)C(=O)CN(CCc2ccc(OC)cc2)C(=O)CN(CCN)C(=O)CN(CCc2ccc(OC)cc2)C(=O)CN(CCc2ccc(OC)cc2)C(=O)CN(CCN)C(C)=O)cc1. The van der Waals surface area contributed by atoms with Gasteiger partial charge in [0.15, 0.2) is 0 Å². The van der Waals surface area contributed by atoms with E-state index in [1.807, 2.05) is 48.2 Å². The molecule has 1 unspecified atom stereocenters. The number of carbonyl (C=O) groups is 12. The van der Waals surface area contributed by atoms with Gasteiger partial charge in [0.1, 0.15) is 34.8 Å². The lowest BCUT2D eigenvalue weighted by atomic mass is 10.0. The van der Waals surface area contributed by atoms with E-state index in [0.717, 1.165) is 46.4 Å². The standard InChI is InChI=1S/C85H120N16O17S/c1-60(102)94(48-39-86)52-76(105)96(44-35-62-16-26-67(115-3)27-17-62)54-78(107)98(46-37-64-20-30-69(117-5)31-21-64)55-81(110)101(50-41-88)58-80(109)99(47-38-65-22-32-70(118-6)33-23-65)56-82(111)100(49-40-87)57-79(108)97(45-36-63-18-28-68(116-4)29-19-63)53-77(106)95(43-34-61-14-24-66(114-2)25-15-61)51-75(104)91-71(84(89)112)11-9-10-42-90-74(103)13-8-7-12-73-83-72(59-119-73)92-85(113)93-83/h14-33,71-73,83H,7-13,34-59,86-88H2,1-6H3,(H2,89,112)(H,90,103)(H,91,104)(H2,92,93,113)/t71-,72-,73?,83-/m0/s1. The summed E-state index contributed by atoms with van der Waals surface area (Å²) in [5.41, 5.74) is 28.0. The maximum absolute atomic E-state index is 15.2. The van der Waals surface area contributed by atoms with Crippen LogP contribution < -0.4 is 67.9 Å². The third-order valence-electron chi connectivity index (χ3n) is 20.9. The van der Waals surface area contributed by atoms with Gasteiger partial charge in [-0.05, 0) is 153 Å². The summed E-state index contributed by atoms with van der Waals surface area (Å²) < 4.78 is 26.9. The summed E-state index contributed by atoms with van der Waals surface area (Å²) in [4.78, 5) is 179.